The number of thioether (sulfide) groups is 1. The molecule has 11 heteroatoms. The van der Waals surface area contributed by atoms with Gasteiger partial charge < -0.3 is 9.32 Å². The lowest BCUT2D eigenvalue weighted by molar-refractivity contribution is -0.129. The summed E-state index contributed by atoms with van der Waals surface area (Å²) in [7, 11) is 0. The number of rotatable bonds is 9. The van der Waals surface area contributed by atoms with Crippen molar-refractivity contribution in [3.63, 3.8) is 0 Å². The van der Waals surface area contributed by atoms with Crippen molar-refractivity contribution in [1.82, 2.24) is 35.3 Å². The zero-order chi connectivity index (χ0) is 22.5. The molecule has 0 saturated carbocycles. The van der Waals surface area contributed by atoms with Gasteiger partial charge in [0.2, 0.25) is 17.0 Å². The number of amides is 1. The molecular weight excluding hydrogens is 446 g/mol. The molecule has 32 heavy (non-hydrogen) atoms. The monoisotopic (exact) mass is 469 g/mol. The van der Waals surface area contributed by atoms with Gasteiger partial charge in [0.1, 0.15) is 0 Å². The summed E-state index contributed by atoms with van der Waals surface area (Å²) >= 11 is 2.84. The molecule has 0 aliphatic rings. The number of benzene rings is 1. The van der Waals surface area contributed by atoms with Crippen molar-refractivity contribution in [3.8, 4) is 16.5 Å². The fourth-order valence-electron chi connectivity index (χ4n) is 3.05. The molecule has 0 aliphatic heterocycles. The Kier molecular flexibility index (Phi) is 6.96. The fourth-order valence-corrected chi connectivity index (χ4v) is 4.49. The second-order valence-corrected chi connectivity index (χ2v) is 9.11. The molecule has 1 aromatic carbocycles. The van der Waals surface area contributed by atoms with Crippen molar-refractivity contribution in [2.24, 2.45) is 0 Å². The standard InChI is InChI=1S/C21H23N7O2S2/c1-4-9-27(12-18-22-23-20(30-18)17-6-5-10-31-17)19(29)13-32-21-24-25-26-28(21)16-8-7-14(2)15(3)11-16/h5-8,10-11H,4,9,12-13H2,1-3H3. The van der Waals surface area contributed by atoms with E-state index in [-0.39, 0.29) is 18.2 Å². The Hall–Kier alpha value is -3.05. The summed E-state index contributed by atoms with van der Waals surface area (Å²) in [5.41, 5.74) is 3.22. The number of carbonyl (C=O) groups is 1. The van der Waals surface area contributed by atoms with E-state index in [1.807, 2.05) is 49.6 Å². The Balaban J connectivity index is 1.42. The highest BCUT2D eigenvalue weighted by molar-refractivity contribution is 7.99. The third-order valence-corrected chi connectivity index (χ3v) is 6.63. The van der Waals surface area contributed by atoms with Crippen LogP contribution in [0, 0.1) is 13.8 Å². The fraction of sp³-hybridized carbons (Fsp3) is 0.333. The van der Waals surface area contributed by atoms with Crippen LogP contribution in [0.25, 0.3) is 16.5 Å². The first kappa shape index (κ1) is 22.2. The number of aromatic nitrogens is 6. The highest BCUT2D eigenvalue weighted by Crippen LogP contribution is 2.24. The maximum absolute atomic E-state index is 13.0. The van der Waals surface area contributed by atoms with Crippen LogP contribution in [-0.4, -0.2) is 53.5 Å². The van der Waals surface area contributed by atoms with Gasteiger partial charge in [-0.1, -0.05) is 30.8 Å². The quantitative estimate of drug-likeness (QED) is 0.340. The van der Waals surface area contributed by atoms with Crippen LogP contribution < -0.4 is 0 Å². The van der Waals surface area contributed by atoms with Gasteiger partial charge in [-0.05, 0) is 65.4 Å². The zero-order valence-corrected chi connectivity index (χ0v) is 19.7. The lowest BCUT2D eigenvalue weighted by atomic mass is 10.1. The molecular formula is C21H23N7O2S2. The van der Waals surface area contributed by atoms with Crippen LogP contribution in [0.5, 0.6) is 0 Å². The molecule has 0 fully saturated rings. The molecule has 0 saturated heterocycles. The summed E-state index contributed by atoms with van der Waals surface area (Å²) in [5.74, 6) is 1.06. The molecule has 9 nitrogen and oxygen atoms in total. The number of carbonyl (C=O) groups excluding carboxylic acids is 1. The molecule has 0 spiro atoms. The van der Waals surface area contributed by atoms with Crippen LogP contribution in [0.4, 0.5) is 0 Å². The van der Waals surface area contributed by atoms with E-state index in [0.29, 0.717) is 23.5 Å². The van der Waals surface area contributed by atoms with Gasteiger partial charge in [0, 0.05) is 6.54 Å². The predicted octanol–water partition coefficient (Wildman–Crippen LogP) is 3.92. The molecule has 0 radical (unpaired) electrons. The smallest absolute Gasteiger partial charge is 0.257 e. The van der Waals surface area contributed by atoms with Crippen molar-refractivity contribution >= 4 is 29.0 Å². The first-order valence-corrected chi connectivity index (χ1v) is 12.0. The minimum atomic E-state index is -0.0395. The number of tetrazole rings is 1. The largest absolute Gasteiger partial charge is 0.418 e. The molecule has 3 aromatic heterocycles. The first-order chi connectivity index (χ1) is 15.5. The number of hydrogen-bond donors (Lipinski definition) is 0. The van der Waals surface area contributed by atoms with Gasteiger partial charge >= 0.3 is 0 Å². The maximum atomic E-state index is 13.0. The number of nitrogens with zero attached hydrogens (tertiary/aromatic N) is 7. The number of thiophene rings is 1. The SMILES string of the molecule is CCCN(Cc1nnc(-c2cccs2)o1)C(=O)CSc1nnnn1-c1ccc(C)c(C)c1. The lowest BCUT2D eigenvalue weighted by Gasteiger charge is -2.19. The summed E-state index contributed by atoms with van der Waals surface area (Å²) in [6.45, 7) is 7.00. The molecule has 0 aliphatic carbocycles. The van der Waals surface area contributed by atoms with E-state index in [1.54, 1.807) is 9.58 Å². The number of hydrogen-bond acceptors (Lipinski definition) is 9. The van der Waals surface area contributed by atoms with E-state index in [4.69, 9.17) is 4.42 Å². The Bertz CT molecular complexity index is 1190. The average Bonchev–Trinajstić information content (AvgIpc) is 3.55. The second kappa shape index (κ2) is 10.0. The summed E-state index contributed by atoms with van der Waals surface area (Å²) in [4.78, 5) is 15.6. The third-order valence-electron chi connectivity index (χ3n) is 4.87. The summed E-state index contributed by atoms with van der Waals surface area (Å²) in [5, 5.41) is 22.7. The van der Waals surface area contributed by atoms with Gasteiger partial charge in [0.15, 0.2) is 0 Å². The minimum absolute atomic E-state index is 0.0395. The summed E-state index contributed by atoms with van der Waals surface area (Å²) in [6.07, 6.45) is 0.822. The maximum Gasteiger partial charge on any atom is 0.257 e. The van der Waals surface area contributed by atoms with Crippen molar-refractivity contribution in [2.45, 2.75) is 38.9 Å². The van der Waals surface area contributed by atoms with Crippen LogP contribution >= 0.6 is 23.1 Å². The molecule has 0 N–H and O–H groups in total. The summed E-state index contributed by atoms with van der Waals surface area (Å²) in [6, 6.07) is 9.88. The highest BCUT2D eigenvalue weighted by atomic mass is 32.2. The van der Waals surface area contributed by atoms with Crippen LogP contribution in [0.3, 0.4) is 0 Å². The lowest BCUT2D eigenvalue weighted by Crippen LogP contribution is -2.32. The molecule has 0 unspecified atom stereocenters. The van der Waals surface area contributed by atoms with Gasteiger partial charge in [-0.25, -0.2) is 0 Å². The highest BCUT2D eigenvalue weighted by Gasteiger charge is 2.19. The van der Waals surface area contributed by atoms with Gasteiger partial charge in [-0.2, -0.15) is 4.68 Å². The predicted molar refractivity (Wildman–Crippen MR) is 123 cm³/mol. The van der Waals surface area contributed by atoms with Crippen molar-refractivity contribution in [2.75, 3.05) is 12.3 Å². The molecule has 0 bridgehead atoms. The van der Waals surface area contributed by atoms with E-state index in [9.17, 15) is 4.79 Å². The Labute approximate surface area is 193 Å². The second-order valence-electron chi connectivity index (χ2n) is 7.22. The van der Waals surface area contributed by atoms with E-state index in [1.165, 1.54) is 28.7 Å². The normalized spacial score (nSPS) is 11.1. The van der Waals surface area contributed by atoms with E-state index in [2.05, 4.69) is 32.6 Å². The third kappa shape index (κ3) is 5.05. The zero-order valence-electron chi connectivity index (χ0n) is 18.1. The van der Waals surface area contributed by atoms with Gasteiger partial charge in [0.05, 0.1) is 22.9 Å². The van der Waals surface area contributed by atoms with E-state index < -0.39 is 0 Å². The van der Waals surface area contributed by atoms with Gasteiger partial charge in [0.25, 0.3) is 5.89 Å². The molecule has 166 valence electrons. The Morgan fingerprint density at radius 2 is 2.06 bits per heavy atom. The van der Waals surface area contributed by atoms with E-state index >= 15 is 0 Å². The average molecular weight is 470 g/mol. The topological polar surface area (TPSA) is 103 Å². The van der Waals surface area contributed by atoms with Gasteiger partial charge in [-0.15, -0.1) is 26.6 Å². The molecule has 0 atom stereocenters. The Morgan fingerprint density at radius 1 is 1.19 bits per heavy atom. The van der Waals surface area contributed by atoms with Crippen molar-refractivity contribution in [3.05, 3.63) is 52.7 Å². The molecule has 4 rings (SSSR count). The molecule has 4 aromatic rings. The van der Waals surface area contributed by atoms with E-state index in [0.717, 1.165) is 22.5 Å². The molecule has 3 heterocycles. The minimum Gasteiger partial charge on any atom is -0.418 e. The van der Waals surface area contributed by atoms with Crippen LogP contribution in [-0.2, 0) is 11.3 Å². The Morgan fingerprint density at radius 3 is 2.81 bits per heavy atom. The van der Waals surface area contributed by atoms with Crippen molar-refractivity contribution < 1.29 is 9.21 Å². The molecule has 1 amide bonds. The van der Waals surface area contributed by atoms with Crippen LogP contribution in [0.2, 0.25) is 0 Å². The first-order valence-electron chi connectivity index (χ1n) is 10.2. The number of aryl methyl sites for hydroxylation is 2. The van der Waals surface area contributed by atoms with Crippen LogP contribution in [0.1, 0.15) is 30.4 Å². The van der Waals surface area contributed by atoms with Gasteiger partial charge in [-0.3, -0.25) is 4.79 Å². The van der Waals surface area contributed by atoms with Crippen molar-refractivity contribution in [1.29, 1.82) is 0 Å². The van der Waals surface area contributed by atoms with Crippen LogP contribution in [0.15, 0.2) is 45.3 Å². The summed E-state index contributed by atoms with van der Waals surface area (Å²) < 4.78 is 7.41.